The van der Waals surface area contributed by atoms with Gasteiger partial charge in [0.15, 0.2) is 0 Å². The highest BCUT2D eigenvalue weighted by Gasteiger charge is 2.18. The van der Waals surface area contributed by atoms with E-state index in [2.05, 4.69) is 4.98 Å². The van der Waals surface area contributed by atoms with E-state index in [0.717, 1.165) is 11.9 Å². The number of carboxylic acid groups (broad SMARTS) is 1. The van der Waals surface area contributed by atoms with Crippen molar-refractivity contribution in [1.82, 2.24) is 9.38 Å². The molecule has 0 aliphatic carbocycles. The van der Waals surface area contributed by atoms with Gasteiger partial charge in [-0.2, -0.15) is 8.42 Å². The second kappa shape index (κ2) is 6.30. The van der Waals surface area contributed by atoms with Crippen LogP contribution in [0.25, 0.3) is 16.8 Å². The molecule has 1 N–H and O–H groups in total. The molecule has 0 saturated heterocycles. The molecule has 25 heavy (non-hydrogen) atoms. The first kappa shape index (κ1) is 17.1. The summed E-state index contributed by atoms with van der Waals surface area (Å²) in [6.45, 7) is 1.75. The third kappa shape index (κ3) is 3.70. The van der Waals surface area contributed by atoms with E-state index in [-0.39, 0.29) is 12.2 Å². The number of rotatable bonds is 5. The van der Waals surface area contributed by atoms with Gasteiger partial charge in [-0.3, -0.25) is 9.17 Å². The molecule has 8 heteroatoms. The highest BCUT2D eigenvalue weighted by Crippen LogP contribution is 2.28. The summed E-state index contributed by atoms with van der Waals surface area (Å²) in [5.41, 5.74) is 3.44. The van der Waals surface area contributed by atoms with E-state index in [1.807, 2.05) is 19.1 Å². The molecule has 7 nitrogen and oxygen atoms in total. The Bertz CT molecular complexity index is 1050. The summed E-state index contributed by atoms with van der Waals surface area (Å²) in [6.07, 6.45) is 4.30. The normalized spacial score (nSPS) is 11.8. The van der Waals surface area contributed by atoms with Gasteiger partial charge in [0, 0.05) is 29.2 Å². The van der Waals surface area contributed by atoms with E-state index < -0.39 is 16.1 Å². The second-order valence-electron chi connectivity index (χ2n) is 5.70. The molecule has 3 aromatic rings. The molecule has 0 aliphatic heterocycles. The first-order valence-corrected chi connectivity index (χ1v) is 9.21. The summed E-state index contributed by atoms with van der Waals surface area (Å²) in [7, 11) is -3.55. The lowest BCUT2D eigenvalue weighted by Gasteiger charge is -2.07. The van der Waals surface area contributed by atoms with Gasteiger partial charge in [0.25, 0.3) is 10.1 Å². The van der Waals surface area contributed by atoms with Gasteiger partial charge >= 0.3 is 5.97 Å². The zero-order valence-corrected chi connectivity index (χ0v) is 14.4. The molecule has 0 spiro atoms. The van der Waals surface area contributed by atoms with Crippen LogP contribution in [0.1, 0.15) is 21.6 Å². The summed E-state index contributed by atoms with van der Waals surface area (Å²) < 4.78 is 28.8. The second-order valence-corrected chi connectivity index (χ2v) is 7.34. The molecular weight excluding hydrogens is 344 g/mol. The van der Waals surface area contributed by atoms with E-state index in [1.54, 1.807) is 35.0 Å². The minimum absolute atomic E-state index is 0.107. The predicted octanol–water partition coefficient (Wildman–Crippen LogP) is 2.48. The molecule has 0 fully saturated rings. The van der Waals surface area contributed by atoms with E-state index >= 15 is 0 Å². The predicted molar refractivity (Wildman–Crippen MR) is 92.0 cm³/mol. The Morgan fingerprint density at radius 3 is 2.64 bits per heavy atom. The molecule has 130 valence electrons. The van der Waals surface area contributed by atoms with E-state index in [9.17, 15) is 18.3 Å². The topological polar surface area (TPSA) is 98.0 Å². The molecule has 0 aromatic carbocycles. The molecule has 3 aromatic heterocycles. The largest absolute Gasteiger partial charge is 0.478 e. The SMILES string of the molecule is Cc1ccc(-c2c(C(=O)O)cc3cc(COS(C)(=O)=O)ccn23)cn1. The van der Waals surface area contributed by atoms with Crippen LogP contribution < -0.4 is 0 Å². The monoisotopic (exact) mass is 360 g/mol. The van der Waals surface area contributed by atoms with Crippen LogP contribution in [-0.4, -0.2) is 35.1 Å². The Labute approximate surface area is 144 Å². The summed E-state index contributed by atoms with van der Waals surface area (Å²) in [5.74, 6) is -1.05. The van der Waals surface area contributed by atoms with Gasteiger partial charge in [0.05, 0.1) is 24.1 Å². The zero-order chi connectivity index (χ0) is 18.2. The minimum atomic E-state index is -3.55. The van der Waals surface area contributed by atoms with Crippen LogP contribution in [0.3, 0.4) is 0 Å². The fourth-order valence-corrected chi connectivity index (χ4v) is 2.91. The number of fused-ring (bicyclic) bond motifs is 1. The van der Waals surface area contributed by atoms with Crippen molar-refractivity contribution < 1.29 is 22.5 Å². The highest BCUT2D eigenvalue weighted by atomic mass is 32.2. The van der Waals surface area contributed by atoms with Crippen molar-refractivity contribution in [2.75, 3.05) is 6.26 Å². The van der Waals surface area contributed by atoms with Gasteiger partial charge in [-0.1, -0.05) is 0 Å². The molecule has 3 heterocycles. The van der Waals surface area contributed by atoms with Crippen LogP contribution in [-0.2, 0) is 20.9 Å². The zero-order valence-electron chi connectivity index (χ0n) is 13.6. The van der Waals surface area contributed by atoms with Crippen molar-refractivity contribution in [3.8, 4) is 11.3 Å². The Morgan fingerprint density at radius 1 is 1.28 bits per heavy atom. The molecule has 0 radical (unpaired) electrons. The summed E-state index contributed by atoms with van der Waals surface area (Å²) >= 11 is 0. The van der Waals surface area contributed by atoms with Crippen LogP contribution in [0.15, 0.2) is 42.7 Å². The Morgan fingerprint density at radius 2 is 2.04 bits per heavy atom. The van der Waals surface area contributed by atoms with Crippen molar-refractivity contribution in [3.63, 3.8) is 0 Å². The van der Waals surface area contributed by atoms with Gasteiger partial charge in [-0.05, 0) is 42.8 Å². The maximum atomic E-state index is 11.6. The molecule has 0 amide bonds. The van der Waals surface area contributed by atoms with Crippen molar-refractivity contribution in [1.29, 1.82) is 0 Å². The minimum Gasteiger partial charge on any atom is -0.478 e. The Balaban J connectivity index is 2.11. The van der Waals surface area contributed by atoms with E-state index in [0.29, 0.717) is 22.3 Å². The van der Waals surface area contributed by atoms with Crippen LogP contribution in [0, 0.1) is 6.92 Å². The quantitative estimate of drug-likeness (QED) is 0.702. The van der Waals surface area contributed by atoms with Crippen molar-refractivity contribution >= 4 is 21.6 Å². The molecule has 0 atom stereocenters. The van der Waals surface area contributed by atoms with Gasteiger partial charge < -0.3 is 9.51 Å². The number of aromatic carboxylic acids is 1. The van der Waals surface area contributed by atoms with Crippen molar-refractivity contribution in [3.05, 3.63) is 59.5 Å². The average molecular weight is 360 g/mol. The number of carbonyl (C=O) groups is 1. The fraction of sp³-hybridized carbons (Fsp3) is 0.176. The number of hydrogen-bond donors (Lipinski definition) is 1. The van der Waals surface area contributed by atoms with Gasteiger partial charge in [0.2, 0.25) is 0 Å². The number of pyridine rings is 2. The lowest BCUT2D eigenvalue weighted by molar-refractivity contribution is 0.0698. The summed E-state index contributed by atoms with van der Waals surface area (Å²) in [6, 6.07) is 8.56. The standard InChI is InChI=1S/C17H16N2O5S/c1-11-3-4-13(9-18-11)16-15(17(20)21)8-14-7-12(5-6-19(14)16)10-24-25(2,22)23/h3-9H,10H2,1-2H3,(H,20,21). The molecule has 0 aliphatic rings. The smallest absolute Gasteiger partial charge is 0.337 e. The molecule has 0 bridgehead atoms. The maximum absolute atomic E-state index is 11.6. The number of aryl methyl sites for hydroxylation is 1. The number of carboxylic acids is 1. The third-order valence-electron chi connectivity index (χ3n) is 3.69. The first-order valence-electron chi connectivity index (χ1n) is 7.39. The lowest BCUT2D eigenvalue weighted by atomic mass is 10.1. The van der Waals surface area contributed by atoms with E-state index in [1.165, 1.54) is 0 Å². The van der Waals surface area contributed by atoms with Crippen molar-refractivity contribution in [2.24, 2.45) is 0 Å². The number of aromatic nitrogens is 2. The third-order valence-corrected chi connectivity index (χ3v) is 4.24. The number of hydrogen-bond acceptors (Lipinski definition) is 5. The number of nitrogens with zero attached hydrogens (tertiary/aromatic N) is 2. The van der Waals surface area contributed by atoms with Crippen LogP contribution in [0.5, 0.6) is 0 Å². The maximum Gasteiger partial charge on any atom is 0.337 e. The summed E-state index contributed by atoms with van der Waals surface area (Å²) in [5, 5.41) is 9.52. The van der Waals surface area contributed by atoms with Crippen LogP contribution >= 0.6 is 0 Å². The fourth-order valence-electron chi connectivity index (χ4n) is 2.56. The van der Waals surface area contributed by atoms with Gasteiger partial charge in [-0.25, -0.2) is 4.79 Å². The molecular formula is C17H16N2O5S. The molecule has 3 rings (SSSR count). The molecule has 0 unspecified atom stereocenters. The van der Waals surface area contributed by atoms with Gasteiger partial charge in [0.1, 0.15) is 0 Å². The van der Waals surface area contributed by atoms with E-state index in [4.69, 9.17) is 4.18 Å². The average Bonchev–Trinajstić information content (AvgIpc) is 2.92. The van der Waals surface area contributed by atoms with Gasteiger partial charge in [-0.15, -0.1) is 0 Å². The Kier molecular flexibility index (Phi) is 4.32. The molecule has 0 saturated carbocycles. The van der Waals surface area contributed by atoms with Crippen LogP contribution in [0.4, 0.5) is 0 Å². The summed E-state index contributed by atoms with van der Waals surface area (Å²) in [4.78, 5) is 15.9. The van der Waals surface area contributed by atoms with Crippen molar-refractivity contribution in [2.45, 2.75) is 13.5 Å². The Hall–Kier alpha value is -2.71. The highest BCUT2D eigenvalue weighted by molar-refractivity contribution is 7.85. The first-order chi connectivity index (χ1) is 11.7. The van der Waals surface area contributed by atoms with Crippen LogP contribution in [0.2, 0.25) is 0 Å². The lowest BCUT2D eigenvalue weighted by Crippen LogP contribution is -2.03.